The van der Waals surface area contributed by atoms with Gasteiger partial charge in [-0.15, -0.1) is 0 Å². The van der Waals surface area contributed by atoms with Gasteiger partial charge in [0.05, 0.1) is 0 Å². The SMILES string of the molecule is O=C(Cc1cccnc1)C1CC2CCCC(C1)N2. The molecule has 2 aliphatic heterocycles. The van der Waals surface area contributed by atoms with Crippen molar-refractivity contribution in [1.82, 2.24) is 10.3 Å². The smallest absolute Gasteiger partial charge is 0.140 e. The lowest BCUT2D eigenvalue weighted by atomic mass is 9.77. The zero-order valence-corrected chi connectivity index (χ0v) is 10.6. The number of Topliss-reactive ketones (excluding diaryl/α,β-unsaturated/α-hetero) is 1. The highest BCUT2D eigenvalue weighted by Gasteiger charge is 2.34. The first-order chi connectivity index (χ1) is 8.81. The number of hydrogen-bond donors (Lipinski definition) is 1. The maximum Gasteiger partial charge on any atom is 0.140 e. The number of carbonyl (C=O) groups is 1. The molecule has 0 aliphatic carbocycles. The third-order valence-electron chi connectivity index (χ3n) is 4.27. The average molecular weight is 244 g/mol. The molecule has 2 atom stereocenters. The van der Waals surface area contributed by atoms with Crippen molar-refractivity contribution in [2.75, 3.05) is 0 Å². The van der Waals surface area contributed by atoms with Gasteiger partial charge in [-0.2, -0.15) is 0 Å². The molecule has 0 spiro atoms. The number of nitrogens with zero attached hydrogens (tertiary/aromatic N) is 1. The van der Waals surface area contributed by atoms with Crippen LogP contribution in [0.3, 0.4) is 0 Å². The lowest BCUT2D eigenvalue weighted by Gasteiger charge is -2.39. The fraction of sp³-hybridized carbons (Fsp3) is 0.600. The molecule has 3 nitrogen and oxygen atoms in total. The maximum absolute atomic E-state index is 12.3. The van der Waals surface area contributed by atoms with E-state index in [9.17, 15) is 4.79 Å². The molecule has 1 aromatic heterocycles. The second-order valence-electron chi connectivity index (χ2n) is 5.66. The highest BCUT2D eigenvalue weighted by Crippen LogP contribution is 2.30. The maximum atomic E-state index is 12.3. The van der Waals surface area contributed by atoms with Crippen molar-refractivity contribution in [2.24, 2.45) is 5.92 Å². The first-order valence-corrected chi connectivity index (χ1v) is 6.99. The van der Waals surface area contributed by atoms with Crippen molar-refractivity contribution in [3.05, 3.63) is 30.1 Å². The van der Waals surface area contributed by atoms with E-state index in [1.807, 2.05) is 12.1 Å². The van der Waals surface area contributed by atoms with Gasteiger partial charge in [-0.1, -0.05) is 12.5 Å². The van der Waals surface area contributed by atoms with Crippen molar-refractivity contribution in [1.29, 1.82) is 0 Å². The number of hydrogen-bond acceptors (Lipinski definition) is 3. The summed E-state index contributed by atoms with van der Waals surface area (Å²) in [5.41, 5.74) is 1.05. The Hall–Kier alpha value is -1.22. The molecule has 3 rings (SSSR count). The summed E-state index contributed by atoms with van der Waals surface area (Å²) in [6, 6.07) is 5.06. The molecule has 2 aliphatic rings. The lowest BCUT2D eigenvalue weighted by Crippen LogP contribution is -2.50. The summed E-state index contributed by atoms with van der Waals surface area (Å²) in [6.45, 7) is 0. The molecule has 18 heavy (non-hydrogen) atoms. The molecule has 0 saturated carbocycles. The van der Waals surface area contributed by atoms with E-state index in [1.165, 1.54) is 19.3 Å². The Morgan fingerprint density at radius 1 is 1.33 bits per heavy atom. The second kappa shape index (κ2) is 5.19. The summed E-state index contributed by atoms with van der Waals surface area (Å²) in [4.78, 5) is 16.4. The van der Waals surface area contributed by atoms with E-state index >= 15 is 0 Å². The molecule has 2 unspecified atom stereocenters. The van der Waals surface area contributed by atoms with E-state index in [1.54, 1.807) is 12.4 Å². The molecular weight excluding hydrogens is 224 g/mol. The van der Waals surface area contributed by atoms with Gasteiger partial charge >= 0.3 is 0 Å². The largest absolute Gasteiger partial charge is 0.311 e. The molecule has 96 valence electrons. The van der Waals surface area contributed by atoms with Crippen LogP contribution < -0.4 is 5.32 Å². The minimum Gasteiger partial charge on any atom is -0.311 e. The number of fused-ring (bicyclic) bond motifs is 2. The van der Waals surface area contributed by atoms with Gasteiger partial charge in [0.1, 0.15) is 5.78 Å². The predicted molar refractivity (Wildman–Crippen MR) is 70.2 cm³/mol. The number of aromatic nitrogens is 1. The Morgan fingerprint density at radius 3 is 2.78 bits per heavy atom. The topological polar surface area (TPSA) is 42.0 Å². The van der Waals surface area contributed by atoms with Crippen LogP contribution in [0.2, 0.25) is 0 Å². The minimum absolute atomic E-state index is 0.266. The highest BCUT2D eigenvalue weighted by atomic mass is 16.1. The Balaban J connectivity index is 1.63. The summed E-state index contributed by atoms with van der Waals surface area (Å²) < 4.78 is 0. The molecule has 0 radical (unpaired) electrons. The van der Waals surface area contributed by atoms with E-state index in [4.69, 9.17) is 0 Å². The number of rotatable bonds is 3. The first kappa shape index (κ1) is 11.8. The molecule has 2 bridgehead atoms. The molecule has 3 heteroatoms. The van der Waals surface area contributed by atoms with E-state index < -0.39 is 0 Å². The van der Waals surface area contributed by atoms with Crippen LogP contribution in [0.25, 0.3) is 0 Å². The molecule has 2 saturated heterocycles. The van der Waals surface area contributed by atoms with Crippen LogP contribution in [-0.2, 0) is 11.2 Å². The van der Waals surface area contributed by atoms with E-state index in [2.05, 4.69) is 10.3 Å². The van der Waals surface area contributed by atoms with Crippen LogP contribution in [0.5, 0.6) is 0 Å². The Bertz CT molecular complexity index is 406. The molecular formula is C15H20N2O. The van der Waals surface area contributed by atoms with Crippen LogP contribution in [0, 0.1) is 5.92 Å². The van der Waals surface area contributed by atoms with Gasteiger partial charge in [-0.3, -0.25) is 9.78 Å². The van der Waals surface area contributed by atoms with Crippen molar-refractivity contribution in [3.8, 4) is 0 Å². The predicted octanol–water partition coefficient (Wildman–Crippen LogP) is 2.11. The fourth-order valence-electron chi connectivity index (χ4n) is 3.38. The van der Waals surface area contributed by atoms with Crippen LogP contribution in [0.4, 0.5) is 0 Å². The molecule has 0 aromatic carbocycles. The second-order valence-corrected chi connectivity index (χ2v) is 5.66. The van der Waals surface area contributed by atoms with Crippen molar-refractivity contribution >= 4 is 5.78 Å². The van der Waals surface area contributed by atoms with Gasteiger partial charge < -0.3 is 5.32 Å². The van der Waals surface area contributed by atoms with Crippen LogP contribution >= 0.6 is 0 Å². The summed E-state index contributed by atoms with van der Waals surface area (Å²) in [5.74, 6) is 0.670. The van der Waals surface area contributed by atoms with E-state index in [0.717, 1.165) is 18.4 Å². The monoisotopic (exact) mass is 244 g/mol. The van der Waals surface area contributed by atoms with Crippen LogP contribution in [-0.4, -0.2) is 22.9 Å². The first-order valence-electron chi connectivity index (χ1n) is 6.99. The summed E-state index contributed by atoms with van der Waals surface area (Å²) in [7, 11) is 0. The molecule has 1 aromatic rings. The van der Waals surface area contributed by atoms with Gasteiger partial charge in [0.15, 0.2) is 0 Å². The number of piperidine rings is 2. The Kier molecular flexibility index (Phi) is 3.41. The van der Waals surface area contributed by atoms with Crippen molar-refractivity contribution in [2.45, 2.75) is 50.6 Å². The molecule has 0 amide bonds. The van der Waals surface area contributed by atoms with Gasteiger partial charge in [-0.05, 0) is 37.3 Å². The zero-order valence-electron chi connectivity index (χ0n) is 10.6. The minimum atomic E-state index is 0.266. The number of ketones is 1. The van der Waals surface area contributed by atoms with Gasteiger partial charge in [0.2, 0.25) is 0 Å². The average Bonchev–Trinajstić information content (AvgIpc) is 2.39. The normalized spacial score (nSPS) is 31.0. The van der Waals surface area contributed by atoms with Gasteiger partial charge in [0.25, 0.3) is 0 Å². The number of nitrogens with one attached hydrogen (secondary N) is 1. The summed E-state index contributed by atoms with van der Waals surface area (Å²) in [6.07, 6.45) is 10.00. The number of carbonyl (C=O) groups excluding carboxylic acids is 1. The molecule has 3 heterocycles. The fourth-order valence-corrected chi connectivity index (χ4v) is 3.38. The number of pyridine rings is 1. The Morgan fingerprint density at radius 2 is 2.11 bits per heavy atom. The summed E-state index contributed by atoms with van der Waals surface area (Å²) in [5, 5.41) is 3.64. The van der Waals surface area contributed by atoms with Crippen molar-refractivity contribution < 1.29 is 4.79 Å². The van der Waals surface area contributed by atoms with E-state index in [0.29, 0.717) is 24.3 Å². The third kappa shape index (κ3) is 2.61. The quantitative estimate of drug-likeness (QED) is 0.885. The van der Waals surface area contributed by atoms with E-state index in [-0.39, 0.29) is 5.92 Å². The zero-order chi connectivity index (χ0) is 12.4. The third-order valence-corrected chi connectivity index (χ3v) is 4.27. The standard InChI is InChI=1S/C15H20N2O/c18-15(7-11-3-2-6-16-10-11)12-8-13-4-1-5-14(9-12)17-13/h2-3,6,10,12-14,17H,1,4-5,7-9H2. The van der Waals surface area contributed by atoms with Gasteiger partial charge in [0, 0.05) is 36.8 Å². The molecule has 1 N–H and O–H groups in total. The highest BCUT2D eigenvalue weighted by molar-refractivity contribution is 5.83. The van der Waals surface area contributed by atoms with Crippen LogP contribution in [0.15, 0.2) is 24.5 Å². The Labute approximate surface area is 108 Å². The summed E-state index contributed by atoms with van der Waals surface area (Å²) >= 11 is 0. The lowest BCUT2D eigenvalue weighted by molar-refractivity contribution is -0.124. The van der Waals surface area contributed by atoms with Gasteiger partial charge in [-0.25, -0.2) is 0 Å². The van der Waals surface area contributed by atoms with Crippen LogP contribution in [0.1, 0.15) is 37.7 Å². The van der Waals surface area contributed by atoms with Crippen molar-refractivity contribution in [3.63, 3.8) is 0 Å². The molecule has 2 fully saturated rings.